The lowest BCUT2D eigenvalue weighted by molar-refractivity contribution is 0.111. The number of benzene rings is 1. The highest BCUT2D eigenvalue weighted by molar-refractivity contribution is 5.82. The second-order valence-electron chi connectivity index (χ2n) is 5.90. The molecule has 3 nitrogen and oxygen atoms in total. The first kappa shape index (κ1) is 13.4. The van der Waals surface area contributed by atoms with Crippen LogP contribution in [0.1, 0.15) is 25.7 Å². The Bertz CT molecular complexity index is 574. The second-order valence-corrected chi connectivity index (χ2v) is 5.90. The zero-order chi connectivity index (χ0) is 13.9. The summed E-state index contributed by atoms with van der Waals surface area (Å²) in [6.07, 6.45) is 8.85. The van der Waals surface area contributed by atoms with Crippen LogP contribution in [0.15, 0.2) is 36.7 Å². The van der Waals surface area contributed by atoms with Crippen molar-refractivity contribution in [2.75, 3.05) is 14.1 Å². The van der Waals surface area contributed by atoms with Crippen LogP contribution in [0, 0.1) is 0 Å². The number of rotatable bonds is 3. The van der Waals surface area contributed by atoms with E-state index in [9.17, 15) is 0 Å². The Morgan fingerprint density at radius 1 is 1.05 bits per heavy atom. The maximum absolute atomic E-state index is 6.15. The molecule has 1 heterocycles. The average molecular weight is 270 g/mol. The van der Waals surface area contributed by atoms with Crippen molar-refractivity contribution in [3.05, 3.63) is 36.7 Å². The summed E-state index contributed by atoms with van der Waals surface area (Å²) in [7, 11) is 4.34. The molecule has 20 heavy (non-hydrogen) atoms. The summed E-state index contributed by atoms with van der Waals surface area (Å²) in [5, 5.41) is 2.36. The fraction of sp³-hybridized carbons (Fsp3) is 0.471. The van der Waals surface area contributed by atoms with Crippen molar-refractivity contribution in [2.24, 2.45) is 0 Å². The van der Waals surface area contributed by atoms with Gasteiger partial charge < -0.3 is 9.64 Å². The van der Waals surface area contributed by atoms with Gasteiger partial charge in [0.15, 0.2) is 0 Å². The number of aromatic nitrogens is 1. The van der Waals surface area contributed by atoms with Crippen molar-refractivity contribution < 1.29 is 4.74 Å². The van der Waals surface area contributed by atoms with Gasteiger partial charge in [0, 0.05) is 23.8 Å². The van der Waals surface area contributed by atoms with Crippen LogP contribution in [0.2, 0.25) is 0 Å². The quantitative estimate of drug-likeness (QED) is 0.853. The number of hydrogen-bond acceptors (Lipinski definition) is 3. The molecule has 0 unspecified atom stereocenters. The SMILES string of the molecule is CN(C)[C@H]1CC[C@@H](Oc2ccc3cnccc3c2)CC1. The Labute approximate surface area is 120 Å². The molecule has 0 radical (unpaired) electrons. The minimum absolute atomic E-state index is 0.366. The maximum atomic E-state index is 6.15. The van der Waals surface area contributed by atoms with Gasteiger partial charge in [-0.15, -0.1) is 0 Å². The monoisotopic (exact) mass is 270 g/mol. The smallest absolute Gasteiger partial charge is 0.120 e. The average Bonchev–Trinajstić information content (AvgIpc) is 2.48. The maximum Gasteiger partial charge on any atom is 0.120 e. The van der Waals surface area contributed by atoms with Crippen LogP contribution in [0.3, 0.4) is 0 Å². The molecule has 0 saturated heterocycles. The molecule has 3 rings (SSSR count). The van der Waals surface area contributed by atoms with Gasteiger partial charge >= 0.3 is 0 Å². The fourth-order valence-corrected chi connectivity index (χ4v) is 3.01. The highest BCUT2D eigenvalue weighted by Gasteiger charge is 2.23. The van der Waals surface area contributed by atoms with E-state index in [1.165, 1.54) is 18.2 Å². The Hall–Kier alpha value is -1.61. The van der Waals surface area contributed by atoms with Gasteiger partial charge in [0.25, 0.3) is 0 Å². The zero-order valence-electron chi connectivity index (χ0n) is 12.2. The minimum Gasteiger partial charge on any atom is -0.490 e. The standard InChI is InChI=1S/C17H22N2O/c1-19(2)15-4-7-16(8-5-15)20-17-6-3-14-12-18-10-9-13(14)11-17/h3,6,9-12,15-16H,4-5,7-8H2,1-2H3/t15-,16+. The zero-order valence-corrected chi connectivity index (χ0v) is 12.2. The Morgan fingerprint density at radius 2 is 1.85 bits per heavy atom. The molecule has 2 aromatic rings. The first-order valence-electron chi connectivity index (χ1n) is 7.39. The van der Waals surface area contributed by atoms with Crippen LogP contribution < -0.4 is 4.74 Å². The van der Waals surface area contributed by atoms with E-state index in [0.717, 1.165) is 30.0 Å². The van der Waals surface area contributed by atoms with Gasteiger partial charge in [0.05, 0.1) is 6.10 Å². The molecular formula is C17H22N2O. The van der Waals surface area contributed by atoms with E-state index in [0.29, 0.717) is 6.10 Å². The summed E-state index contributed by atoms with van der Waals surface area (Å²) in [4.78, 5) is 6.47. The molecule has 1 aliphatic carbocycles. The molecule has 106 valence electrons. The molecule has 1 aromatic heterocycles. The molecule has 0 amide bonds. The highest BCUT2D eigenvalue weighted by atomic mass is 16.5. The van der Waals surface area contributed by atoms with E-state index in [1.54, 1.807) is 0 Å². The van der Waals surface area contributed by atoms with Crippen molar-refractivity contribution >= 4 is 10.8 Å². The fourth-order valence-electron chi connectivity index (χ4n) is 3.01. The van der Waals surface area contributed by atoms with Crippen molar-refractivity contribution in [1.82, 2.24) is 9.88 Å². The molecule has 0 atom stereocenters. The molecule has 0 N–H and O–H groups in total. The summed E-state index contributed by atoms with van der Waals surface area (Å²) in [6.45, 7) is 0. The lowest BCUT2D eigenvalue weighted by atomic mass is 9.92. The van der Waals surface area contributed by atoms with Crippen LogP contribution in [0.4, 0.5) is 0 Å². The van der Waals surface area contributed by atoms with Crippen LogP contribution in [-0.2, 0) is 0 Å². The molecule has 1 saturated carbocycles. The topological polar surface area (TPSA) is 25.4 Å². The second kappa shape index (κ2) is 5.80. The van der Waals surface area contributed by atoms with E-state index in [-0.39, 0.29) is 0 Å². The van der Waals surface area contributed by atoms with Gasteiger partial charge in [-0.2, -0.15) is 0 Å². The summed E-state index contributed by atoms with van der Waals surface area (Å²) < 4.78 is 6.15. The van der Waals surface area contributed by atoms with E-state index >= 15 is 0 Å². The van der Waals surface area contributed by atoms with E-state index in [2.05, 4.69) is 42.2 Å². The summed E-state index contributed by atoms with van der Waals surface area (Å²) in [5.74, 6) is 0.983. The molecule has 1 aromatic carbocycles. The third-order valence-electron chi connectivity index (χ3n) is 4.29. The lowest BCUT2D eigenvalue weighted by Crippen LogP contribution is -2.35. The normalized spacial score (nSPS) is 23.1. The Morgan fingerprint density at radius 3 is 2.60 bits per heavy atom. The third-order valence-corrected chi connectivity index (χ3v) is 4.29. The predicted molar refractivity (Wildman–Crippen MR) is 82.1 cm³/mol. The minimum atomic E-state index is 0.366. The van der Waals surface area contributed by atoms with Gasteiger partial charge in [-0.05, 0) is 69.4 Å². The Balaban J connectivity index is 1.65. The van der Waals surface area contributed by atoms with Gasteiger partial charge in [-0.1, -0.05) is 0 Å². The van der Waals surface area contributed by atoms with Gasteiger partial charge in [-0.3, -0.25) is 4.98 Å². The summed E-state index contributed by atoms with van der Waals surface area (Å²) >= 11 is 0. The molecule has 0 aliphatic heterocycles. The molecule has 0 spiro atoms. The molecule has 1 aliphatic rings. The van der Waals surface area contributed by atoms with Crippen LogP contribution >= 0.6 is 0 Å². The summed E-state index contributed by atoms with van der Waals surface area (Å²) in [5.41, 5.74) is 0. The van der Waals surface area contributed by atoms with Crippen LogP contribution in [-0.4, -0.2) is 36.1 Å². The number of hydrogen-bond donors (Lipinski definition) is 0. The first-order valence-corrected chi connectivity index (χ1v) is 7.39. The van der Waals surface area contributed by atoms with E-state index < -0.39 is 0 Å². The van der Waals surface area contributed by atoms with Gasteiger partial charge in [0.2, 0.25) is 0 Å². The Kier molecular flexibility index (Phi) is 3.88. The highest BCUT2D eigenvalue weighted by Crippen LogP contribution is 2.27. The van der Waals surface area contributed by atoms with Crippen molar-refractivity contribution in [2.45, 2.75) is 37.8 Å². The van der Waals surface area contributed by atoms with E-state index in [1.807, 2.05) is 18.5 Å². The van der Waals surface area contributed by atoms with Crippen molar-refractivity contribution in [3.63, 3.8) is 0 Å². The first-order chi connectivity index (χ1) is 9.72. The van der Waals surface area contributed by atoms with Crippen LogP contribution in [0.25, 0.3) is 10.8 Å². The summed E-state index contributed by atoms with van der Waals surface area (Å²) in [6, 6.07) is 9.02. The third kappa shape index (κ3) is 2.93. The number of pyridine rings is 1. The van der Waals surface area contributed by atoms with Gasteiger partial charge in [-0.25, -0.2) is 0 Å². The van der Waals surface area contributed by atoms with Crippen molar-refractivity contribution in [1.29, 1.82) is 0 Å². The molecule has 0 bridgehead atoms. The predicted octanol–water partition coefficient (Wildman–Crippen LogP) is 3.49. The van der Waals surface area contributed by atoms with Crippen LogP contribution in [0.5, 0.6) is 5.75 Å². The largest absolute Gasteiger partial charge is 0.490 e. The lowest BCUT2D eigenvalue weighted by Gasteiger charge is -2.32. The number of nitrogens with zero attached hydrogens (tertiary/aromatic N) is 2. The molecule has 1 fully saturated rings. The van der Waals surface area contributed by atoms with Crippen molar-refractivity contribution in [3.8, 4) is 5.75 Å². The van der Waals surface area contributed by atoms with E-state index in [4.69, 9.17) is 4.74 Å². The molecule has 3 heteroatoms. The number of fused-ring (bicyclic) bond motifs is 1. The van der Waals surface area contributed by atoms with Gasteiger partial charge in [0.1, 0.15) is 5.75 Å². The molecular weight excluding hydrogens is 248 g/mol. The number of ether oxygens (including phenoxy) is 1.